The number of hydrogen-bond acceptors (Lipinski definition) is 1. The summed E-state index contributed by atoms with van der Waals surface area (Å²) in [6, 6.07) is 1.10. The molecule has 0 aromatic carbocycles. The second-order valence-corrected chi connectivity index (χ2v) is 2.48. The molecular weight excluding hydrogens is 118 g/mol. The predicted molar refractivity (Wildman–Crippen MR) is 36.7 cm³/mol. The Bertz CT molecular complexity index is 77.4. The third-order valence-corrected chi connectivity index (χ3v) is 1.71. The van der Waals surface area contributed by atoms with Gasteiger partial charge in [0.1, 0.15) is 0 Å². The van der Waals surface area contributed by atoms with Crippen LogP contribution in [-0.2, 0) is 0 Å². The van der Waals surface area contributed by atoms with Crippen LogP contribution in [0.1, 0.15) is 13.3 Å². The minimum Gasteiger partial charge on any atom is -0.371 e. The quantitative estimate of drug-likeness (QED) is 0.238. The van der Waals surface area contributed by atoms with Crippen LogP contribution in [0.4, 0.5) is 0 Å². The lowest BCUT2D eigenvalue weighted by Gasteiger charge is -1.87. The van der Waals surface area contributed by atoms with Crippen LogP contribution in [0, 0.1) is 0 Å². The second kappa shape index (κ2) is 4.64. The number of guanidine groups is 1. The lowest BCUT2D eigenvalue weighted by molar-refractivity contribution is 1.07. The van der Waals surface area contributed by atoms with E-state index >= 15 is 0 Å². The van der Waals surface area contributed by atoms with Crippen LogP contribution in [0.25, 0.3) is 0 Å². The van der Waals surface area contributed by atoms with Crippen molar-refractivity contribution in [1.29, 1.82) is 0 Å². The molecule has 0 aliphatic rings. The SMILES string of the molecule is CCC[Si]N=C(N)N. The molecule has 4 N–H and O–H groups in total. The van der Waals surface area contributed by atoms with Crippen molar-refractivity contribution in [1.82, 2.24) is 0 Å². The van der Waals surface area contributed by atoms with Gasteiger partial charge in [0.05, 0.1) is 0 Å². The Morgan fingerprint density at radius 2 is 2.25 bits per heavy atom. The highest BCUT2D eigenvalue weighted by Gasteiger charge is 1.82. The van der Waals surface area contributed by atoms with E-state index in [1.165, 1.54) is 0 Å². The highest BCUT2D eigenvalue weighted by molar-refractivity contribution is 6.35. The second-order valence-electron chi connectivity index (χ2n) is 1.44. The molecule has 0 spiro atoms. The first-order valence-electron chi connectivity index (χ1n) is 2.59. The third kappa shape index (κ3) is 5.49. The summed E-state index contributed by atoms with van der Waals surface area (Å²) in [7, 11) is 0.551. The van der Waals surface area contributed by atoms with E-state index in [4.69, 9.17) is 11.5 Å². The molecule has 0 saturated carbocycles. The summed E-state index contributed by atoms with van der Waals surface area (Å²) in [6.07, 6.45) is 1.15. The molecule has 0 heterocycles. The van der Waals surface area contributed by atoms with Gasteiger partial charge >= 0.3 is 0 Å². The van der Waals surface area contributed by atoms with Gasteiger partial charge in [0.2, 0.25) is 9.68 Å². The van der Waals surface area contributed by atoms with Gasteiger partial charge in [-0.1, -0.05) is 13.3 Å². The Morgan fingerprint density at radius 1 is 1.62 bits per heavy atom. The number of rotatable bonds is 3. The summed E-state index contributed by atoms with van der Waals surface area (Å²) < 4.78 is 3.81. The molecule has 3 nitrogen and oxygen atoms in total. The third-order valence-electron chi connectivity index (χ3n) is 0.570. The molecule has 46 valence electrons. The van der Waals surface area contributed by atoms with E-state index in [2.05, 4.69) is 11.6 Å². The Balaban J connectivity index is 3.03. The van der Waals surface area contributed by atoms with E-state index in [0.717, 1.165) is 12.5 Å². The van der Waals surface area contributed by atoms with E-state index in [9.17, 15) is 0 Å². The first-order valence-corrected chi connectivity index (χ1v) is 3.74. The van der Waals surface area contributed by atoms with Crippen LogP contribution in [0.5, 0.6) is 0 Å². The molecule has 4 heteroatoms. The normalized spacial score (nSPS) is 8.62. The van der Waals surface area contributed by atoms with Crippen molar-refractivity contribution in [3.05, 3.63) is 0 Å². The Morgan fingerprint density at radius 3 is 2.62 bits per heavy atom. The summed E-state index contributed by atoms with van der Waals surface area (Å²) in [5.41, 5.74) is 10.1. The summed E-state index contributed by atoms with van der Waals surface area (Å²) in [5, 5.41) is 0. The fourth-order valence-corrected chi connectivity index (χ4v) is 0.777. The molecule has 0 fully saturated rings. The number of hydrogen-bond donors (Lipinski definition) is 2. The van der Waals surface area contributed by atoms with Crippen molar-refractivity contribution in [3.63, 3.8) is 0 Å². The molecule has 0 unspecified atom stereocenters. The smallest absolute Gasteiger partial charge is 0.215 e. The van der Waals surface area contributed by atoms with E-state index in [-0.39, 0.29) is 5.96 Å². The lowest BCUT2D eigenvalue weighted by Crippen LogP contribution is -2.23. The van der Waals surface area contributed by atoms with E-state index in [1.807, 2.05) is 0 Å². The van der Waals surface area contributed by atoms with Gasteiger partial charge in [-0.3, -0.25) is 4.66 Å². The average Bonchev–Trinajstić information content (AvgIpc) is 1.66. The maximum Gasteiger partial charge on any atom is 0.215 e. The molecule has 0 rings (SSSR count). The Kier molecular flexibility index (Phi) is 4.34. The van der Waals surface area contributed by atoms with Gasteiger partial charge in [-0.05, 0) is 6.04 Å². The van der Waals surface area contributed by atoms with Gasteiger partial charge in [0.25, 0.3) is 0 Å². The predicted octanol–water partition coefficient (Wildman–Crippen LogP) is -0.293. The Labute approximate surface area is 52.1 Å². The van der Waals surface area contributed by atoms with Crippen LogP contribution in [0.3, 0.4) is 0 Å². The highest BCUT2D eigenvalue weighted by atomic mass is 28.2. The van der Waals surface area contributed by atoms with E-state index in [0.29, 0.717) is 9.68 Å². The van der Waals surface area contributed by atoms with Gasteiger partial charge in [0, 0.05) is 0 Å². The minimum atomic E-state index is 0.205. The molecule has 0 saturated heterocycles. The summed E-state index contributed by atoms with van der Waals surface area (Å²) in [4.78, 5) is 0. The van der Waals surface area contributed by atoms with Crippen LogP contribution in [0.15, 0.2) is 4.66 Å². The number of nitrogens with zero attached hydrogens (tertiary/aromatic N) is 1. The molecule has 8 heavy (non-hydrogen) atoms. The topological polar surface area (TPSA) is 64.4 Å². The fraction of sp³-hybridized carbons (Fsp3) is 0.750. The molecule has 0 aromatic rings. The van der Waals surface area contributed by atoms with Crippen LogP contribution >= 0.6 is 0 Å². The monoisotopic (exact) mass is 129 g/mol. The standard InChI is InChI=1S/C4H11N3Si/c1-2-3-8-7-4(5)6/h2-3H2,1H3,(H4,5,6,7). The maximum atomic E-state index is 5.07. The van der Waals surface area contributed by atoms with Gasteiger partial charge in [-0.2, -0.15) is 0 Å². The van der Waals surface area contributed by atoms with Gasteiger partial charge in [-0.25, -0.2) is 0 Å². The number of nitrogens with two attached hydrogens (primary N) is 2. The average molecular weight is 129 g/mol. The van der Waals surface area contributed by atoms with Crippen LogP contribution < -0.4 is 11.5 Å². The van der Waals surface area contributed by atoms with E-state index in [1.54, 1.807) is 0 Å². The zero-order valence-electron chi connectivity index (χ0n) is 5.02. The highest BCUT2D eigenvalue weighted by Crippen LogP contribution is 1.83. The van der Waals surface area contributed by atoms with Crippen LogP contribution in [-0.4, -0.2) is 15.6 Å². The molecule has 0 aromatic heterocycles. The van der Waals surface area contributed by atoms with Crippen molar-refractivity contribution < 1.29 is 0 Å². The molecule has 0 aliphatic carbocycles. The first-order chi connectivity index (χ1) is 3.77. The zero-order chi connectivity index (χ0) is 6.41. The van der Waals surface area contributed by atoms with Crippen molar-refractivity contribution >= 4 is 15.6 Å². The van der Waals surface area contributed by atoms with Gasteiger partial charge < -0.3 is 11.5 Å². The molecule has 0 aliphatic heterocycles. The van der Waals surface area contributed by atoms with Crippen molar-refractivity contribution in [2.24, 2.45) is 16.1 Å². The minimum absolute atomic E-state index is 0.205. The van der Waals surface area contributed by atoms with Crippen molar-refractivity contribution in [3.8, 4) is 0 Å². The molecule has 2 radical (unpaired) electrons. The summed E-state index contributed by atoms with van der Waals surface area (Å²) >= 11 is 0. The van der Waals surface area contributed by atoms with Crippen molar-refractivity contribution in [2.75, 3.05) is 0 Å². The Hall–Kier alpha value is -0.513. The lowest BCUT2D eigenvalue weighted by atomic mass is 10.6. The molecule has 0 atom stereocenters. The van der Waals surface area contributed by atoms with Crippen LogP contribution in [0.2, 0.25) is 6.04 Å². The maximum absolute atomic E-state index is 5.07. The van der Waals surface area contributed by atoms with Crippen molar-refractivity contribution in [2.45, 2.75) is 19.4 Å². The van der Waals surface area contributed by atoms with E-state index < -0.39 is 0 Å². The molecular formula is C4H11N3Si. The molecule has 0 bridgehead atoms. The fourth-order valence-electron chi connectivity index (χ4n) is 0.259. The first kappa shape index (κ1) is 7.49. The summed E-state index contributed by atoms with van der Waals surface area (Å²) in [5.74, 6) is 0.205. The largest absolute Gasteiger partial charge is 0.371 e. The summed E-state index contributed by atoms with van der Waals surface area (Å²) in [6.45, 7) is 2.11. The zero-order valence-corrected chi connectivity index (χ0v) is 6.02. The van der Waals surface area contributed by atoms with Gasteiger partial charge in [-0.15, -0.1) is 0 Å². The molecule has 0 amide bonds. The van der Waals surface area contributed by atoms with Gasteiger partial charge in [0.15, 0.2) is 5.96 Å².